The molecule has 6 heteroatoms. The van der Waals surface area contributed by atoms with Crippen LogP contribution in [0.3, 0.4) is 0 Å². The van der Waals surface area contributed by atoms with Gasteiger partial charge in [-0.1, -0.05) is 251 Å². The van der Waals surface area contributed by atoms with Gasteiger partial charge in [-0.05, 0) is 135 Å². The van der Waals surface area contributed by atoms with Crippen LogP contribution in [0, 0.1) is 0 Å². The molecule has 0 bridgehead atoms. The molecule has 0 rings (SSSR count). The molecule has 0 saturated heterocycles. The Morgan fingerprint density at radius 1 is 0.276 bits per heavy atom. The molecule has 0 aliphatic rings. The van der Waals surface area contributed by atoms with E-state index in [1.54, 1.807) is 0 Å². The molecule has 0 aliphatic carbocycles. The molecule has 0 radical (unpaired) electrons. The first-order valence-electron chi connectivity index (χ1n) is 31.2. The normalized spacial score (nSPS) is 13.0. The van der Waals surface area contributed by atoms with Gasteiger partial charge in [0.05, 0.1) is 0 Å². The smallest absolute Gasteiger partial charge is 0.306 e. The Morgan fingerprint density at radius 3 is 0.816 bits per heavy atom. The SMILES string of the molecule is CC/C=C\C/C=C\C/C=C\C/C=C\C/C=C\C/C=C\C/C=C\CCCCCCCCCC(=O)OCC(COC(=O)CCCCCCC/C=C\CCCCCCC)OC(=O)CCCCCCC/C=C\C/C=C\C/C=C\CC. The van der Waals surface area contributed by atoms with Crippen LogP contribution >= 0.6 is 0 Å². The van der Waals surface area contributed by atoms with Crippen LogP contribution in [0.25, 0.3) is 0 Å². The first-order chi connectivity index (χ1) is 37.5. The summed E-state index contributed by atoms with van der Waals surface area (Å²) in [6.07, 6.45) is 88.8. The van der Waals surface area contributed by atoms with Crippen LogP contribution < -0.4 is 0 Å². The molecular formula is C70H114O6. The number of carbonyl (C=O) groups excluding carboxylic acids is 3. The van der Waals surface area contributed by atoms with Crippen LogP contribution in [0.5, 0.6) is 0 Å². The molecule has 0 amide bonds. The summed E-state index contributed by atoms with van der Waals surface area (Å²) in [6.45, 7) is 6.37. The van der Waals surface area contributed by atoms with E-state index in [0.29, 0.717) is 19.3 Å². The number of hydrogen-bond acceptors (Lipinski definition) is 6. The van der Waals surface area contributed by atoms with E-state index in [9.17, 15) is 14.4 Å². The summed E-state index contributed by atoms with van der Waals surface area (Å²) in [5.41, 5.74) is 0. The van der Waals surface area contributed by atoms with E-state index < -0.39 is 6.10 Å². The first kappa shape index (κ1) is 71.5. The van der Waals surface area contributed by atoms with Gasteiger partial charge in [0, 0.05) is 19.3 Å². The molecule has 0 N–H and O–H groups in total. The predicted octanol–water partition coefficient (Wildman–Crippen LogP) is 21.4. The molecule has 6 nitrogen and oxygen atoms in total. The largest absolute Gasteiger partial charge is 0.462 e. The number of rotatable bonds is 55. The van der Waals surface area contributed by atoms with E-state index in [-0.39, 0.29) is 31.1 Å². The number of hydrogen-bond donors (Lipinski definition) is 0. The fraction of sp³-hybridized carbons (Fsp3) is 0.643. The summed E-state index contributed by atoms with van der Waals surface area (Å²) in [5.74, 6) is -0.932. The zero-order valence-electron chi connectivity index (χ0n) is 49.2. The topological polar surface area (TPSA) is 78.9 Å². The molecule has 0 aromatic heterocycles. The van der Waals surface area contributed by atoms with Gasteiger partial charge in [-0.3, -0.25) is 14.4 Å². The second kappa shape index (κ2) is 63.1. The van der Waals surface area contributed by atoms with E-state index >= 15 is 0 Å². The van der Waals surface area contributed by atoms with Gasteiger partial charge in [0.2, 0.25) is 0 Å². The quantitative estimate of drug-likeness (QED) is 0.0261. The Kier molecular flexibility index (Phi) is 59.4. The molecule has 0 heterocycles. The van der Waals surface area contributed by atoms with Gasteiger partial charge in [-0.25, -0.2) is 0 Å². The zero-order chi connectivity index (χ0) is 55.0. The molecule has 0 aliphatic heterocycles. The number of ether oxygens (including phenoxy) is 3. The van der Waals surface area contributed by atoms with Crippen LogP contribution in [0.4, 0.5) is 0 Å². The van der Waals surface area contributed by atoms with Gasteiger partial charge < -0.3 is 14.2 Å². The molecule has 76 heavy (non-hydrogen) atoms. The van der Waals surface area contributed by atoms with Crippen molar-refractivity contribution < 1.29 is 28.6 Å². The lowest BCUT2D eigenvalue weighted by Gasteiger charge is -2.18. The number of carbonyl (C=O) groups is 3. The van der Waals surface area contributed by atoms with Gasteiger partial charge in [0.25, 0.3) is 0 Å². The zero-order valence-corrected chi connectivity index (χ0v) is 49.2. The van der Waals surface area contributed by atoms with Crippen LogP contribution in [0.1, 0.15) is 271 Å². The van der Waals surface area contributed by atoms with Crippen LogP contribution in [0.2, 0.25) is 0 Å². The van der Waals surface area contributed by atoms with Crippen molar-refractivity contribution in [3.63, 3.8) is 0 Å². The lowest BCUT2D eigenvalue weighted by atomic mass is 10.1. The van der Waals surface area contributed by atoms with Gasteiger partial charge in [-0.15, -0.1) is 0 Å². The summed E-state index contributed by atoms with van der Waals surface area (Å²) in [7, 11) is 0. The maximum absolute atomic E-state index is 12.9. The Morgan fingerprint density at radius 2 is 0.513 bits per heavy atom. The van der Waals surface area contributed by atoms with Crippen molar-refractivity contribution in [2.45, 2.75) is 277 Å². The third kappa shape index (κ3) is 60.4. The highest BCUT2D eigenvalue weighted by Crippen LogP contribution is 2.14. The highest BCUT2D eigenvalue weighted by molar-refractivity contribution is 5.71. The predicted molar refractivity (Wildman–Crippen MR) is 329 cm³/mol. The molecule has 0 aromatic carbocycles. The average molecular weight is 1050 g/mol. The Hall–Kier alpha value is -4.45. The molecule has 430 valence electrons. The number of esters is 3. The third-order valence-corrected chi connectivity index (χ3v) is 12.9. The monoisotopic (exact) mass is 1050 g/mol. The number of unbranched alkanes of at least 4 members (excludes halogenated alkanes) is 22. The Balaban J connectivity index is 4.36. The summed E-state index contributed by atoms with van der Waals surface area (Å²) in [5, 5.41) is 0. The Bertz CT molecular complexity index is 1630. The second-order valence-electron chi connectivity index (χ2n) is 20.2. The molecule has 1 unspecified atom stereocenters. The molecule has 0 fully saturated rings. The lowest BCUT2D eigenvalue weighted by Crippen LogP contribution is -2.30. The molecule has 0 aromatic rings. The summed E-state index contributed by atoms with van der Waals surface area (Å²) in [4.78, 5) is 38.2. The minimum absolute atomic E-state index is 0.0960. The summed E-state index contributed by atoms with van der Waals surface area (Å²) < 4.78 is 16.9. The van der Waals surface area contributed by atoms with Crippen molar-refractivity contribution in [1.82, 2.24) is 0 Å². The third-order valence-electron chi connectivity index (χ3n) is 12.9. The maximum atomic E-state index is 12.9. The van der Waals surface area contributed by atoms with Crippen LogP contribution in [-0.2, 0) is 28.6 Å². The van der Waals surface area contributed by atoms with Gasteiger partial charge in [0.15, 0.2) is 6.10 Å². The minimum Gasteiger partial charge on any atom is -0.462 e. The van der Waals surface area contributed by atoms with E-state index in [0.717, 1.165) is 161 Å². The average Bonchev–Trinajstić information content (AvgIpc) is 3.42. The second-order valence-corrected chi connectivity index (χ2v) is 20.2. The van der Waals surface area contributed by atoms with Gasteiger partial charge in [0.1, 0.15) is 13.2 Å². The maximum Gasteiger partial charge on any atom is 0.306 e. The standard InChI is InChI=1S/C70H114O6/c1-4-7-10-13-16-19-22-25-28-29-30-31-32-33-34-35-36-37-38-39-40-41-43-45-48-51-54-57-60-63-69(72)75-66-67(65-74-68(71)62-59-56-53-50-47-44-27-24-21-18-15-12-9-6-3)76-70(73)64-61-58-55-52-49-46-42-26-23-20-17-14-11-8-5-2/h7-8,10-11,16-17,19-20,24-28,30-31,33-34,36-37,39-40,42,67H,4-6,9,12-15,18,21-23,29,32,35,38,41,43-66H2,1-3H3/b10-7-,11-8-,19-16-,20-17-,27-24-,28-25-,31-30-,34-33-,37-36-,40-39-,42-26-. The first-order valence-corrected chi connectivity index (χ1v) is 31.2. The highest BCUT2D eigenvalue weighted by atomic mass is 16.6. The molecule has 0 saturated carbocycles. The fourth-order valence-corrected chi connectivity index (χ4v) is 8.25. The Labute approximate surface area is 468 Å². The van der Waals surface area contributed by atoms with Crippen LogP contribution in [-0.4, -0.2) is 37.2 Å². The highest BCUT2D eigenvalue weighted by Gasteiger charge is 2.19. The molecule has 0 spiro atoms. The molecular weight excluding hydrogens is 937 g/mol. The van der Waals surface area contributed by atoms with E-state index in [4.69, 9.17) is 14.2 Å². The number of allylic oxidation sites excluding steroid dienone is 22. The fourth-order valence-electron chi connectivity index (χ4n) is 8.25. The minimum atomic E-state index is -0.800. The summed E-state index contributed by atoms with van der Waals surface area (Å²) >= 11 is 0. The van der Waals surface area contributed by atoms with Crippen LogP contribution in [0.15, 0.2) is 134 Å². The van der Waals surface area contributed by atoms with E-state index in [1.807, 2.05) is 0 Å². The van der Waals surface area contributed by atoms with Gasteiger partial charge >= 0.3 is 17.9 Å². The van der Waals surface area contributed by atoms with Crippen molar-refractivity contribution in [2.75, 3.05) is 13.2 Å². The summed E-state index contributed by atoms with van der Waals surface area (Å²) in [6, 6.07) is 0. The van der Waals surface area contributed by atoms with Crippen molar-refractivity contribution >= 4 is 17.9 Å². The van der Waals surface area contributed by atoms with E-state index in [1.165, 1.54) is 70.6 Å². The van der Waals surface area contributed by atoms with Gasteiger partial charge in [-0.2, -0.15) is 0 Å². The van der Waals surface area contributed by atoms with Crippen molar-refractivity contribution in [2.24, 2.45) is 0 Å². The molecule has 1 atom stereocenters. The van der Waals surface area contributed by atoms with E-state index in [2.05, 4.69) is 154 Å². The van der Waals surface area contributed by atoms with Crippen molar-refractivity contribution in [3.05, 3.63) is 134 Å². The van der Waals surface area contributed by atoms with Crippen molar-refractivity contribution in [1.29, 1.82) is 0 Å². The van der Waals surface area contributed by atoms with Crippen molar-refractivity contribution in [3.8, 4) is 0 Å². The lowest BCUT2D eigenvalue weighted by molar-refractivity contribution is -0.167.